The number of benzene rings is 3. The Kier molecular flexibility index (Phi) is 34.9. The van der Waals surface area contributed by atoms with Crippen molar-refractivity contribution in [2.45, 2.75) is 14.7 Å². The van der Waals surface area contributed by atoms with Gasteiger partial charge in [-0.25, -0.2) is 0 Å². The van der Waals surface area contributed by atoms with Crippen LogP contribution in [0, 0.1) is 0 Å². The molecule has 3 aromatic carbocycles. The van der Waals surface area contributed by atoms with Crippen molar-refractivity contribution in [1.82, 2.24) is 0 Å². The van der Waals surface area contributed by atoms with Gasteiger partial charge in [0.15, 0.2) is 0 Å². The first-order valence-electron chi connectivity index (χ1n) is 7.57. The van der Waals surface area contributed by atoms with Crippen LogP contribution in [0.4, 0.5) is 0 Å². The van der Waals surface area contributed by atoms with Crippen molar-refractivity contribution in [3.63, 3.8) is 0 Å². The fraction of sp³-hybridized carbons (Fsp3) is 0. The summed E-state index contributed by atoms with van der Waals surface area (Å²) >= 11 is 14.2. The van der Waals surface area contributed by atoms with Gasteiger partial charge in [-0.3, -0.25) is 32.4 Å². The molecule has 0 spiro atoms. The Hall–Kier alpha value is 1.74. The van der Waals surface area contributed by atoms with Crippen molar-refractivity contribution in [2.24, 2.45) is 0 Å². The third-order valence-corrected chi connectivity index (χ3v) is 5.64. The third-order valence-electron chi connectivity index (χ3n) is 2.52. The third kappa shape index (κ3) is 29.8. The van der Waals surface area contributed by atoms with Crippen LogP contribution in [-0.2, 0) is 98.0 Å². The summed E-state index contributed by atoms with van der Waals surface area (Å²) in [5.41, 5.74) is 0. The van der Waals surface area contributed by atoms with Gasteiger partial charge in [0.05, 0.1) is 0 Å². The molecule has 0 bridgehead atoms. The van der Waals surface area contributed by atoms with Crippen LogP contribution >= 0.6 is 40.2 Å². The van der Waals surface area contributed by atoms with E-state index in [1.54, 1.807) is 0 Å². The predicted molar refractivity (Wildman–Crippen MR) is 127 cm³/mol. The smallest absolute Gasteiger partial charge is 0.822 e. The molecule has 4 nitrogen and oxygen atoms in total. The minimum absolute atomic E-state index is 0. The van der Waals surface area contributed by atoms with Crippen LogP contribution in [0.1, 0.15) is 0 Å². The molecule has 0 aliphatic heterocycles. The molecule has 0 amide bonds. The Morgan fingerprint density at radius 1 is 0.500 bits per heavy atom. The van der Waals surface area contributed by atoms with E-state index in [-0.39, 0.29) is 58.4 Å². The second kappa shape index (κ2) is 27.3. The summed E-state index contributed by atoms with van der Waals surface area (Å²) < 4.78 is 8.55. The zero-order valence-corrected chi connectivity index (χ0v) is 31.5. The van der Waals surface area contributed by atoms with Crippen molar-refractivity contribution >= 4 is 75.2 Å². The van der Waals surface area contributed by atoms with E-state index < -0.39 is 7.82 Å². The molecule has 0 saturated heterocycles. The van der Waals surface area contributed by atoms with Crippen molar-refractivity contribution < 1.29 is 77.7 Å². The van der Waals surface area contributed by atoms with E-state index in [2.05, 4.69) is 0 Å². The minimum Gasteiger partial charge on any atom is -0.822 e. The van der Waals surface area contributed by atoms with Crippen LogP contribution in [0.3, 0.4) is 0 Å². The average Bonchev–Trinajstić information content (AvgIpc) is 2.75. The van der Waals surface area contributed by atoms with Gasteiger partial charge in [-0.15, -0.1) is 0 Å². The summed E-state index contributed by atoms with van der Waals surface area (Å²) in [6, 6.07) is 29.8. The molecule has 0 aromatic heterocycles. The molecule has 0 unspecified atom stereocenters. The predicted octanol–water partition coefficient (Wildman–Crippen LogP) is 3.89. The Balaban J connectivity index is -0.000000161. The minimum atomic E-state index is -5.39. The summed E-state index contributed by atoms with van der Waals surface area (Å²) in [5.74, 6) is 0. The van der Waals surface area contributed by atoms with Crippen molar-refractivity contribution in [2.75, 3.05) is 0 Å². The standard InChI is InChI=1S/3C6H6S2.H3O4P.3Zn/c3*7-8-6-4-2-1-3-5-6;1-5(2,3)4;;;/h3*1-5,7H;(H3,1,2,3,4);;;/q;;;;3*+2/p-6. The molecule has 0 heterocycles. The van der Waals surface area contributed by atoms with Gasteiger partial charge in [0.1, 0.15) is 0 Å². The molecule has 158 valence electrons. The van der Waals surface area contributed by atoms with Crippen molar-refractivity contribution in [1.29, 1.82) is 0 Å². The van der Waals surface area contributed by atoms with Crippen molar-refractivity contribution in [3.8, 4) is 0 Å². The summed E-state index contributed by atoms with van der Waals surface area (Å²) in [6.07, 6.45) is 0. The fourth-order valence-electron chi connectivity index (χ4n) is 1.43. The summed E-state index contributed by atoms with van der Waals surface area (Å²) in [5, 5.41) is 0. The second-order valence-corrected chi connectivity index (χ2v) is 8.95. The Morgan fingerprint density at radius 3 is 0.750 bits per heavy atom. The summed E-state index contributed by atoms with van der Waals surface area (Å²) in [7, 11) is -1.33. The number of hydrogen-bond acceptors (Lipinski definition) is 10. The van der Waals surface area contributed by atoms with Gasteiger partial charge in [-0.2, -0.15) is 7.82 Å². The monoisotopic (exact) mass is 710 g/mol. The van der Waals surface area contributed by atoms with Gasteiger partial charge in [-0.05, 0) is 14.7 Å². The zero-order chi connectivity index (χ0) is 22.0. The van der Waals surface area contributed by atoms with Crippen LogP contribution < -0.4 is 14.7 Å². The van der Waals surface area contributed by atoms with E-state index in [0.717, 1.165) is 14.7 Å². The van der Waals surface area contributed by atoms with Crippen LogP contribution in [0.5, 0.6) is 0 Å². The SMILES string of the molecule is O=P([O-])([O-])[O-].[S-]Sc1ccccc1.[S-]Sc1ccccc1.[S-]Sc1ccccc1.[Zn+2].[Zn+2].[Zn+2]. The molecule has 0 saturated carbocycles. The van der Waals surface area contributed by atoms with Gasteiger partial charge in [-0.1, -0.05) is 91.0 Å². The van der Waals surface area contributed by atoms with Gasteiger partial charge in [0.2, 0.25) is 0 Å². The maximum absolute atomic E-state index is 8.55. The molecule has 0 aliphatic carbocycles. The normalized spacial score (nSPS) is 8.69. The molecule has 32 heavy (non-hydrogen) atoms. The number of phosphoric acid groups is 1. The molecular formula is C18H15O4PS6Zn3. The molecule has 0 N–H and O–H groups in total. The molecule has 14 heteroatoms. The van der Waals surface area contributed by atoms with Gasteiger partial charge >= 0.3 is 58.4 Å². The van der Waals surface area contributed by atoms with Crippen molar-refractivity contribution in [3.05, 3.63) is 91.0 Å². The van der Waals surface area contributed by atoms with Crippen LogP contribution in [0.15, 0.2) is 106 Å². The molecule has 3 aromatic rings. The Morgan fingerprint density at radius 2 is 0.656 bits per heavy atom. The van der Waals surface area contributed by atoms with E-state index in [4.69, 9.17) is 54.2 Å². The van der Waals surface area contributed by atoms with E-state index in [1.807, 2.05) is 91.0 Å². The first-order valence-corrected chi connectivity index (χ1v) is 14.3. The van der Waals surface area contributed by atoms with Crippen LogP contribution in [-0.4, -0.2) is 0 Å². The molecule has 0 radical (unpaired) electrons. The average molecular weight is 715 g/mol. The summed E-state index contributed by atoms with van der Waals surface area (Å²) in [4.78, 5) is 29.1. The first-order chi connectivity index (χ1) is 13.8. The second-order valence-electron chi connectivity index (χ2n) is 4.64. The van der Waals surface area contributed by atoms with E-state index >= 15 is 0 Å². The maximum atomic E-state index is 8.55. The Labute approximate surface area is 255 Å². The van der Waals surface area contributed by atoms with Crippen LogP contribution in [0.2, 0.25) is 0 Å². The van der Waals surface area contributed by atoms with Gasteiger partial charge in [0, 0.05) is 0 Å². The number of hydrogen-bond donors (Lipinski definition) is 0. The Bertz CT molecular complexity index is 703. The quantitative estimate of drug-likeness (QED) is 0.173. The molecule has 0 fully saturated rings. The molecule has 0 atom stereocenters. The van der Waals surface area contributed by atoms with E-state index in [0.29, 0.717) is 0 Å². The molecule has 3 rings (SSSR count). The van der Waals surface area contributed by atoms with E-state index in [1.165, 1.54) is 32.4 Å². The van der Waals surface area contributed by atoms with Gasteiger partial charge < -0.3 is 54.2 Å². The topological polar surface area (TPSA) is 86.2 Å². The fourth-order valence-corrected chi connectivity index (χ4v) is 3.23. The maximum Gasteiger partial charge on any atom is 2.00 e. The van der Waals surface area contributed by atoms with Gasteiger partial charge in [0.25, 0.3) is 0 Å². The summed E-state index contributed by atoms with van der Waals surface area (Å²) in [6.45, 7) is 0. The molecular weight excluding hydrogens is 700 g/mol. The first kappa shape index (κ1) is 40.9. The van der Waals surface area contributed by atoms with Crippen LogP contribution in [0.25, 0.3) is 0 Å². The zero-order valence-electron chi connectivity index (χ0n) is 16.8. The molecule has 0 aliphatic rings. The van der Waals surface area contributed by atoms with E-state index in [9.17, 15) is 0 Å². The largest absolute Gasteiger partial charge is 2.00 e. The number of rotatable bonds is 3.